The number of hydrogen-bond acceptors (Lipinski definition) is 3. The number of ether oxygens (including phenoxy) is 1. The molecule has 0 saturated carbocycles. The summed E-state index contributed by atoms with van der Waals surface area (Å²) < 4.78 is 5.13. The van der Waals surface area contributed by atoms with Crippen molar-refractivity contribution < 1.29 is 14.3 Å². The van der Waals surface area contributed by atoms with E-state index >= 15 is 0 Å². The first kappa shape index (κ1) is 17.2. The van der Waals surface area contributed by atoms with Crippen LogP contribution < -0.4 is 5.32 Å². The maximum absolute atomic E-state index is 12.1. The molecule has 0 fully saturated rings. The Morgan fingerprint density at radius 3 is 2.43 bits per heavy atom. The molecule has 0 aliphatic rings. The molecule has 0 spiro atoms. The van der Waals surface area contributed by atoms with Crippen LogP contribution in [0.15, 0.2) is 18.2 Å². The molecule has 21 heavy (non-hydrogen) atoms. The third-order valence-electron chi connectivity index (χ3n) is 2.93. The van der Waals surface area contributed by atoms with Crippen molar-refractivity contribution in [3.8, 4) is 0 Å². The molecule has 1 amide bonds. The number of nitrogens with one attached hydrogen (secondary N) is 1. The Balaban J connectivity index is 2.36. The highest BCUT2D eigenvalue weighted by molar-refractivity contribution is 5.97. The van der Waals surface area contributed by atoms with Gasteiger partial charge in [0.15, 0.2) is 5.78 Å². The van der Waals surface area contributed by atoms with Gasteiger partial charge >= 0.3 is 6.09 Å². The van der Waals surface area contributed by atoms with E-state index in [4.69, 9.17) is 4.74 Å². The van der Waals surface area contributed by atoms with Gasteiger partial charge in [0.05, 0.1) is 0 Å². The fourth-order valence-electron chi connectivity index (χ4n) is 2.01. The highest BCUT2D eigenvalue weighted by atomic mass is 16.6. The molecule has 0 aliphatic heterocycles. The first-order valence-electron chi connectivity index (χ1n) is 7.26. The van der Waals surface area contributed by atoms with Crippen LogP contribution in [0, 0.1) is 13.8 Å². The molecule has 1 rings (SSSR count). The standard InChI is InChI=1S/C17H25NO3/c1-12-8-9-14(13(2)11-12)15(19)7-6-10-18-16(20)21-17(3,4)5/h8-9,11H,6-7,10H2,1-5H3,(H,18,20). The summed E-state index contributed by atoms with van der Waals surface area (Å²) >= 11 is 0. The van der Waals surface area contributed by atoms with Crippen molar-refractivity contribution in [2.75, 3.05) is 6.54 Å². The second-order valence-electron chi connectivity index (χ2n) is 6.27. The van der Waals surface area contributed by atoms with Crippen molar-refractivity contribution in [2.45, 2.75) is 53.1 Å². The van der Waals surface area contributed by atoms with Crippen LogP contribution in [0.3, 0.4) is 0 Å². The normalized spacial score (nSPS) is 11.1. The molecule has 116 valence electrons. The Kier molecular flexibility index (Phi) is 5.94. The van der Waals surface area contributed by atoms with E-state index in [-0.39, 0.29) is 5.78 Å². The van der Waals surface area contributed by atoms with Gasteiger partial charge in [0.2, 0.25) is 0 Å². The fourth-order valence-corrected chi connectivity index (χ4v) is 2.01. The summed E-state index contributed by atoms with van der Waals surface area (Å²) in [5.41, 5.74) is 2.41. The molecule has 0 unspecified atom stereocenters. The lowest BCUT2D eigenvalue weighted by atomic mass is 10.00. The van der Waals surface area contributed by atoms with Crippen molar-refractivity contribution in [3.63, 3.8) is 0 Å². The van der Waals surface area contributed by atoms with Crippen molar-refractivity contribution in [3.05, 3.63) is 34.9 Å². The fraction of sp³-hybridized carbons (Fsp3) is 0.529. The molecule has 0 atom stereocenters. The Hall–Kier alpha value is -1.84. The van der Waals surface area contributed by atoms with E-state index in [0.29, 0.717) is 19.4 Å². The molecular formula is C17H25NO3. The zero-order chi connectivity index (χ0) is 16.0. The summed E-state index contributed by atoms with van der Waals surface area (Å²) in [5, 5.41) is 2.66. The summed E-state index contributed by atoms with van der Waals surface area (Å²) in [6, 6.07) is 5.82. The lowest BCUT2D eigenvalue weighted by Gasteiger charge is -2.19. The molecule has 1 N–H and O–H groups in total. The maximum atomic E-state index is 12.1. The van der Waals surface area contributed by atoms with Gasteiger partial charge in [0.25, 0.3) is 0 Å². The third-order valence-corrected chi connectivity index (χ3v) is 2.93. The lowest BCUT2D eigenvalue weighted by molar-refractivity contribution is 0.0525. The number of aryl methyl sites for hydroxylation is 2. The van der Waals surface area contributed by atoms with Gasteiger partial charge in [-0.3, -0.25) is 4.79 Å². The van der Waals surface area contributed by atoms with Crippen LogP contribution in [0.1, 0.15) is 55.1 Å². The summed E-state index contributed by atoms with van der Waals surface area (Å²) in [5.74, 6) is 0.110. The van der Waals surface area contributed by atoms with Crippen LogP contribution in [0.2, 0.25) is 0 Å². The number of carbonyl (C=O) groups excluding carboxylic acids is 2. The average molecular weight is 291 g/mol. The Bertz CT molecular complexity index is 515. The first-order valence-corrected chi connectivity index (χ1v) is 7.26. The minimum atomic E-state index is -0.501. The lowest BCUT2D eigenvalue weighted by Crippen LogP contribution is -2.33. The number of hydrogen-bond donors (Lipinski definition) is 1. The molecular weight excluding hydrogens is 266 g/mol. The van der Waals surface area contributed by atoms with Crippen molar-refractivity contribution in [1.82, 2.24) is 5.32 Å². The molecule has 0 radical (unpaired) electrons. The highest BCUT2D eigenvalue weighted by Crippen LogP contribution is 2.13. The van der Waals surface area contributed by atoms with Crippen LogP contribution in [0.5, 0.6) is 0 Å². The Labute approximate surface area is 126 Å². The molecule has 0 bridgehead atoms. The summed E-state index contributed by atoms with van der Waals surface area (Å²) in [7, 11) is 0. The first-order chi connectivity index (χ1) is 9.69. The molecule has 0 aromatic heterocycles. The van der Waals surface area contributed by atoms with E-state index in [1.165, 1.54) is 0 Å². The zero-order valence-electron chi connectivity index (χ0n) is 13.6. The van der Waals surface area contributed by atoms with Gasteiger partial charge in [-0.15, -0.1) is 0 Å². The van der Waals surface area contributed by atoms with Crippen molar-refractivity contribution >= 4 is 11.9 Å². The van der Waals surface area contributed by atoms with E-state index in [1.54, 1.807) is 0 Å². The van der Waals surface area contributed by atoms with Crippen LogP contribution in [-0.2, 0) is 4.74 Å². The van der Waals surface area contributed by atoms with Gasteiger partial charge in [0.1, 0.15) is 5.60 Å². The second kappa shape index (κ2) is 7.25. The monoisotopic (exact) mass is 291 g/mol. The van der Waals surface area contributed by atoms with Crippen LogP contribution in [0.25, 0.3) is 0 Å². The van der Waals surface area contributed by atoms with E-state index in [0.717, 1.165) is 16.7 Å². The SMILES string of the molecule is Cc1ccc(C(=O)CCCNC(=O)OC(C)(C)C)c(C)c1. The van der Waals surface area contributed by atoms with Gasteiger partial charge < -0.3 is 10.1 Å². The largest absolute Gasteiger partial charge is 0.444 e. The van der Waals surface area contributed by atoms with E-state index in [2.05, 4.69) is 5.32 Å². The number of benzene rings is 1. The van der Waals surface area contributed by atoms with Crippen molar-refractivity contribution in [2.24, 2.45) is 0 Å². The predicted molar refractivity (Wildman–Crippen MR) is 83.7 cm³/mol. The van der Waals surface area contributed by atoms with Crippen molar-refractivity contribution in [1.29, 1.82) is 0 Å². The minimum Gasteiger partial charge on any atom is -0.444 e. The van der Waals surface area contributed by atoms with Gasteiger partial charge in [-0.2, -0.15) is 0 Å². The van der Waals surface area contributed by atoms with Gasteiger partial charge in [-0.05, 0) is 46.6 Å². The van der Waals surface area contributed by atoms with Gasteiger partial charge in [-0.1, -0.05) is 23.8 Å². The Morgan fingerprint density at radius 2 is 1.86 bits per heavy atom. The van der Waals surface area contributed by atoms with Crippen LogP contribution in [0.4, 0.5) is 4.79 Å². The highest BCUT2D eigenvalue weighted by Gasteiger charge is 2.15. The number of Topliss-reactive ketones (excluding diaryl/α,β-unsaturated/α-hetero) is 1. The number of alkyl carbamates (subject to hydrolysis) is 1. The second-order valence-corrected chi connectivity index (χ2v) is 6.27. The van der Waals surface area contributed by atoms with E-state index < -0.39 is 11.7 Å². The topological polar surface area (TPSA) is 55.4 Å². The molecule has 4 heteroatoms. The predicted octanol–water partition coefficient (Wildman–Crippen LogP) is 3.79. The number of amides is 1. The molecule has 4 nitrogen and oxygen atoms in total. The van der Waals surface area contributed by atoms with Gasteiger partial charge in [0, 0.05) is 18.5 Å². The van der Waals surface area contributed by atoms with Gasteiger partial charge in [-0.25, -0.2) is 4.79 Å². The average Bonchev–Trinajstić information content (AvgIpc) is 2.32. The molecule has 1 aromatic rings. The number of ketones is 1. The Morgan fingerprint density at radius 1 is 1.19 bits per heavy atom. The zero-order valence-corrected chi connectivity index (χ0v) is 13.6. The quantitative estimate of drug-likeness (QED) is 0.663. The van der Waals surface area contributed by atoms with E-state index in [1.807, 2.05) is 52.8 Å². The number of carbonyl (C=O) groups is 2. The molecule has 0 saturated heterocycles. The molecule has 1 aromatic carbocycles. The smallest absolute Gasteiger partial charge is 0.407 e. The van der Waals surface area contributed by atoms with Crippen LogP contribution in [-0.4, -0.2) is 24.0 Å². The summed E-state index contributed by atoms with van der Waals surface area (Å²) in [4.78, 5) is 23.6. The summed E-state index contributed by atoms with van der Waals surface area (Å²) in [6.45, 7) is 9.83. The third kappa shape index (κ3) is 6.43. The molecule has 0 heterocycles. The van der Waals surface area contributed by atoms with E-state index in [9.17, 15) is 9.59 Å². The van der Waals surface area contributed by atoms with Crippen LogP contribution >= 0.6 is 0 Å². The maximum Gasteiger partial charge on any atom is 0.407 e. The molecule has 0 aliphatic carbocycles. The summed E-state index contributed by atoms with van der Waals surface area (Å²) in [6.07, 6.45) is 0.576. The minimum absolute atomic E-state index is 0.110. The number of rotatable bonds is 5.